The summed E-state index contributed by atoms with van der Waals surface area (Å²) in [6.07, 6.45) is -2.04. The van der Waals surface area contributed by atoms with Crippen molar-refractivity contribution >= 4 is 5.91 Å². The molecule has 84 valence electrons. The molecule has 0 unspecified atom stereocenters. The van der Waals surface area contributed by atoms with Crippen molar-refractivity contribution in [3.63, 3.8) is 0 Å². The summed E-state index contributed by atoms with van der Waals surface area (Å²) in [4.78, 5) is 10.7. The summed E-state index contributed by atoms with van der Waals surface area (Å²) in [5.41, 5.74) is 0. The Hall–Kier alpha value is -0.360. The van der Waals surface area contributed by atoms with Crippen LogP contribution in [-0.4, -0.2) is 41.0 Å². The molecule has 5 nitrogen and oxygen atoms in total. The highest BCUT2D eigenvalue weighted by Gasteiger charge is 2.38. The van der Waals surface area contributed by atoms with Crippen molar-refractivity contribution in [2.45, 2.75) is 32.2 Å². The Morgan fingerprint density at radius 1 is 1.43 bits per heavy atom. The number of halogens is 1. The molecular formula is C8H17ClN2O3. The molecule has 0 aliphatic carbocycles. The second-order valence-electron chi connectivity index (χ2n) is 3.66. The summed E-state index contributed by atoms with van der Waals surface area (Å²) in [5.74, 6) is -0.137. The van der Waals surface area contributed by atoms with Gasteiger partial charge in [0.1, 0.15) is 0 Å². The first-order chi connectivity index (χ1) is 6.02. The van der Waals surface area contributed by atoms with Gasteiger partial charge in [0.2, 0.25) is 5.91 Å². The summed E-state index contributed by atoms with van der Waals surface area (Å²) in [5, 5.41) is 23.5. The third-order valence-electron chi connectivity index (χ3n) is 2.43. The van der Waals surface area contributed by atoms with Gasteiger partial charge in [-0.3, -0.25) is 4.79 Å². The van der Waals surface area contributed by atoms with Gasteiger partial charge in [-0.2, -0.15) is 0 Å². The second-order valence-corrected chi connectivity index (χ2v) is 3.66. The fraction of sp³-hybridized carbons (Fsp3) is 0.875. The standard InChI is InChI=1S/C8H16N2O3.ClH/c1-4-3-9-8(10-5(2)11)7(13)6(4)12;/h4,6-9,12-13H,3H2,1-2H3,(H,10,11);1H/t4-,6-,7-,8+;/m1./s1. The van der Waals surface area contributed by atoms with E-state index in [4.69, 9.17) is 0 Å². The highest BCUT2D eigenvalue weighted by atomic mass is 35.5. The Morgan fingerprint density at radius 2 is 2.00 bits per heavy atom. The molecule has 0 radical (unpaired) electrons. The molecule has 0 saturated carbocycles. The van der Waals surface area contributed by atoms with Gasteiger partial charge in [0.25, 0.3) is 0 Å². The number of nitrogens with two attached hydrogens (primary N) is 1. The van der Waals surface area contributed by atoms with Gasteiger partial charge >= 0.3 is 0 Å². The lowest BCUT2D eigenvalue weighted by Crippen LogP contribution is -3.00. The molecule has 1 heterocycles. The number of nitrogens with one attached hydrogen (secondary N) is 1. The third kappa shape index (κ3) is 3.09. The average Bonchev–Trinajstić information content (AvgIpc) is 2.06. The minimum absolute atomic E-state index is 0. The van der Waals surface area contributed by atoms with E-state index in [9.17, 15) is 15.0 Å². The van der Waals surface area contributed by atoms with Crippen molar-refractivity contribution in [2.24, 2.45) is 5.92 Å². The Labute approximate surface area is 89.3 Å². The molecule has 0 aromatic heterocycles. The Morgan fingerprint density at radius 3 is 2.50 bits per heavy atom. The summed E-state index contributed by atoms with van der Waals surface area (Å²) < 4.78 is 0. The molecule has 1 amide bonds. The van der Waals surface area contributed by atoms with Gasteiger partial charge in [0, 0.05) is 12.8 Å². The van der Waals surface area contributed by atoms with Crippen LogP contribution < -0.4 is 23.0 Å². The third-order valence-corrected chi connectivity index (χ3v) is 2.43. The van der Waals surface area contributed by atoms with Crippen molar-refractivity contribution in [1.29, 1.82) is 0 Å². The van der Waals surface area contributed by atoms with Gasteiger partial charge in [-0.05, 0) is 0 Å². The van der Waals surface area contributed by atoms with Crippen LogP contribution in [0.25, 0.3) is 0 Å². The normalized spacial score (nSPS) is 37.1. The number of carbonyl (C=O) groups excluding carboxylic acids is 1. The summed E-state index contributed by atoms with van der Waals surface area (Å²) in [6.45, 7) is 3.97. The minimum Gasteiger partial charge on any atom is -1.00 e. The van der Waals surface area contributed by atoms with E-state index in [1.165, 1.54) is 6.92 Å². The lowest BCUT2D eigenvalue weighted by atomic mass is 9.93. The predicted molar refractivity (Wildman–Crippen MR) is 45.6 cm³/mol. The Bertz CT molecular complexity index is 203. The number of rotatable bonds is 1. The molecule has 1 fully saturated rings. The first-order valence-corrected chi connectivity index (χ1v) is 4.49. The van der Waals surface area contributed by atoms with Crippen LogP contribution in [0.4, 0.5) is 0 Å². The molecule has 0 bridgehead atoms. The molecule has 1 rings (SSSR count). The van der Waals surface area contributed by atoms with Crippen LogP contribution in [-0.2, 0) is 4.79 Å². The van der Waals surface area contributed by atoms with Gasteiger partial charge in [-0.15, -0.1) is 0 Å². The molecule has 4 atom stereocenters. The van der Waals surface area contributed by atoms with Crippen molar-refractivity contribution in [3.05, 3.63) is 0 Å². The number of amides is 1. The molecule has 6 heteroatoms. The van der Waals surface area contributed by atoms with Gasteiger partial charge < -0.3 is 33.3 Å². The van der Waals surface area contributed by atoms with Crippen molar-refractivity contribution in [2.75, 3.05) is 6.54 Å². The van der Waals surface area contributed by atoms with Gasteiger partial charge in [-0.1, -0.05) is 6.92 Å². The van der Waals surface area contributed by atoms with Crippen LogP contribution in [0.15, 0.2) is 0 Å². The van der Waals surface area contributed by atoms with Crippen LogP contribution in [0.5, 0.6) is 0 Å². The van der Waals surface area contributed by atoms with Crippen LogP contribution in [0.2, 0.25) is 0 Å². The number of quaternary nitrogens is 1. The van der Waals surface area contributed by atoms with Crippen molar-refractivity contribution in [3.8, 4) is 0 Å². The van der Waals surface area contributed by atoms with E-state index in [0.717, 1.165) is 0 Å². The molecule has 5 N–H and O–H groups in total. The highest BCUT2D eigenvalue weighted by molar-refractivity contribution is 5.73. The number of aliphatic hydroxyl groups excluding tert-OH is 2. The maximum Gasteiger partial charge on any atom is 0.221 e. The molecular weight excluding hydrogens is 208 g/mol. The molecule has 1 aliphatic rings. The van der Waals surface area contributed by atoms with Crippen molar-refractivity contribution in [1.82, 2.24) is 5.32 Å². The van der Waals surface area contributed by atoms with E-state index in [1.54, 1.807) is 0 Å². The monoisotopic (exact) mass is 224 g/mol. The van der Waals surface area contributed by atoms with E-state index in [0.29, 0.717) is 6.54 Å². The fourth-order valence-electron chi connectivity index (χ4n) is 1.57. The Kier molecular flexibility index (Phi) is 5.36. The Balaban J connectivity index is 0.00000169. The summed E-state index contributed by atoms with van der Waals surface area (Å²) >= 11 is 0. The minimum atomic E-state index is -0.882. The van der Waals surface area contributed by atoms with Crippen LogP contribution in [0.1, 0.15) is 13.8 Å². The smallest absolute Gasteiger partial charge is 0.221 e. The molecule has 0 aromatic rings. The first kappa shape index (κ1) is 13.6. The number of carbonyl (C=O) groups is 1. The molecule has 14 heavy (non-hydrogen) atoms. The van der Waals surface area contributed by atoms with E-state index in [-0.39, 0.29) is 24.2 Å². The maximum absolute atomic E-state index is 10.7. The number of piperidine rings is 1. The topological polar surface area (TPSA) is 86.2 Å². The van der Waals surface area contributed by atoms with E-state index in [2.05, 4.69) is 5.32 Å². The number of aliphatic hydroxyl groups is 2. The largest absolute Gasteiger partial charge is 1.00 e. The lowest BCUT2D eigenvalue weighted by Gasteiger charge is -2.33. The average molecular weight is 225 g/mol. The van der Waals surface area contributed by atoms with Crippen LogP contribution in [0, 0.1) is 5.92 Å². The SMILES string of the molecule is CC(=O)N[C@@H]1[NH2+]C[C@@H](C)[C@@H](O)[C@H]1O.[Cl-]. The maximum atomic E-state index is 10.7. The summed E-state index contributed by atoms with van der Waals surface area (Å²) in [7, 11) is 0. The number of hydrogen-bond donors (Lipinski definition) is 4. The van der Waals surface area contributed by atoms with E-state index in [1.807, 2.05) is 12.2 Å². The van der Waals surface area contributed by atoms with E-state index < -0.39 is 18.4 Å². The zero-order valence-electron chi connectivity index (χ0n) is 8.27. The zero-order valence-corrected chi connectivity index (χ0v) is 9.03. The van der Waals surface area contributed by atoms with Crippen LogP contribution >= 0.6 is 0 Å². The van der Waals surface area contributed by atoms with Crippen LogP contribution in [0.3, 0.4) is 0 Å². The van der Waals surface area contributed by atoms with Gasteiger partial charge in [-0.25, -0.2) is 0 Å². The second kappa shape index (κ2) is 5.50. The fourth-order valence-corrected chi connectivity index (χ4v) is 1.57. The van der Waals surface area contributed by atoms with E-state index >= 15 is 0 Å². The summed E-state index contributed by atoms with van der Waals surface area (Å²) in [6, 6.07) is 0. The van der Waals surface area contributed by atoms with Gasteiger partial charge in [0.05, 0.1) is 12.6 Å². The molecule has 1 aliphatic heterocycles. The molecule has 1 saturated heterocycles. The molecule has 0 spiro atoms. The highest BCUT2D eigenvalue weighted by Crippen LogP contribution is 2.09. The quantitative estimate of drug-likeness (QED) is 0.358. The first-order valence-electron chi connectivity index (χ1n) is 4.49. The number of hydrogen-bond acceptors (Lipinski definition) is 3. The van der Waals surface area contributed by atoms with Crippen molar-refractivity contribution < 1.29 is 32.7 Å². The lowest BCUT2D eigenvalue weighted by molar-refractivity contribution is -0.717. The van der Waals surface area contributed by atoms with Gasteiger partial charge in [0.15, 0.2) is 12.3 Å². The zero-order chi connectivity index (χ0) is 10.0. The predicted octanol–water partition coefficient (Wildman–Crippen LogP) is -5.61. The molecule has 0 aromatic carbocycles.